The van der Waals surface area contributed by atoms with Crippen molar-refractivity contribution in [3.8, 4) is 23.0 Å². The number of phenols is 2. The van der Waals surface area contributed by atoms with E-state index in [0.29, 0.717) is 11.5 Å². The Morgan fingerprint density at radius 3 is 1.20 bits per heavy atom. The second-order valence-corrected chi connectivity index (χ2v) is 7.42. The molecule has 0 aliphatic heterocycles. The predicted molar refractivity (Wildman–Crippen MR) is 97.0 cm³/mol. The Hall–Kier alpha value is -1.48. The van der Waals surface area contributed by atoms with E-state index < -0.39 is 0 Å². The minimum Gasteiger partial charge on any atom is -0.508 e. The van der Waals surface area contributed by atoms with E-state index in [0.717, 1.165) is 0 Å². The summed E-state index contributed by atoms with van der Waals surface area (Å²) in [6.07, 6.45) is 0. The number of aromatic hydroxyl groups is 2. The summed E-state index contributed by atoms with van der Waals surface area (Å²) in [5.74, 6) is 1.86. The van der Waals surface area contributed by atoms with E-state index in [2.05, 4.69) is 0 Å². The molecule has 0 saturated heterocycles. The van der Waals surface area contributed by atoms with E-state index in [9.17, 15) is 0 Å². The summed E-state index contributed by atoms with van der Waals surface area (Å²) >= 11 is 0. The van der Waals surface area contributed by atoms with E-state index in [4.69, 9.17) is 19.7 Å². The molecular weight excluding hydrogens is 395 g/mol. The molecule has 2 rings (SSSR count). The molecule has 0 unspecified atom stereocenters. The van der Waals surface area contributed by atoms with Gasteiger partial charge in [-0.1, -0.05) is 12.1 Å². The van der Waals surface area contributed by atoms with Crippen LogP contribution in [0.3, 0.4) is 0 Å². The summed E-state index contributed by atoms with van der Waals surface area (Å²) in [5, 5.41) is 18.3. The first kappa shape index (κ1) is 23.5. The molecule has 0 fully saturated rings. The van der Waals surface area contributed by atoms with Crippen molar-refractivity contribution in [2.45, 2.75) is 52.7 Å². The van der Waals surface area contributed by atoms with Crippen LogP contribution in [0.4, 0.5) is 0 Å². The number of hydrogen-bond acceptors (Lipinski definition) is 4. The fourth-order valence-electron chi connectivity index (χ4n) is 1.80. The van der Waals surface area contributed by atoms with Gasteiger partial charge in [-0.05, 0) is 65.8 Å². The maximum atomic E-state index is 9.13. The van der Waals surface area contributed by atoms with E-state index in [1.165, 1.54) is 0 Å². The maximum Gasteiger partial charge on any atom is 0.123 e. The predicted octanol–water partition coefficient (Wildman–Crippen LogP) is 5.14. The van der Waals surface area contributed by atoms with Gasteiger partial charge in [0.2, 0.25) is 0 Å². The van der Waals surface area contributed by atoms with Crippen molar-refractivity contribution in [3.63, 3.8) is 0 Å². The first-order valence-electron chi connectivity index (χ1n) is 7.91. The van der Waals surface area contributed by atoms with Crippen molar-refractivity contribution in [2.24, 2.45) is 0 Å². The Kier molecular flexibility index (Phi) is 9.28. The van der Waals surface area contributed by atoms with E-state index in [1.807, 2.05) is 53.7 Å². The van der Waals surface area contributed by atoms with Gasteiger partial charge in [0.05, 0.1) is 0 Å². The number of rotatable bonds is 2. The second kappa shape index (κ2) is 9.86. The van der Waals surface area contributed by atoms with Gasteiger partial charge in [-0.2, -0.15) is 0 Å². The third-order valence-corrected chi connectivity index (χ3v) is 2.48. The Bertz CT molecular complexity index is 585. The van der Waals surface area contributed by atoms with E-state index in [-0.39, 0.29) is 48.9 Å². The summed E-state index contributed by atoms with van der Waals surface area (Å²) in [6.45, 7) is 11.8. The fourth-order valence-corrected chi connectivity index (χ4v) is 1.80. The number of ether oxygens (including phenoxy) is 2. The van der Waals surface area contributed by atoms with Crippen LogP contribution in [0.1, 0.15) is 41.5 Å². The molecule has 0 spiro atoms. The summed E-state index contributed by atoms with van der Waals surface area (Å²) in [4.78, 5) is 0. The standard InChI is InChI=1S/2C10H14O2.Zr/c2*1-10(2,3)12-9-6-4-5-8(11)7-9;/h2*4-7,11H,1-3H3;. The van der Waals surface area contributed by atoms with Crippen LogP contribution in [-0.2, 0) is 26.2 Å². The Morgan fingerprint density at radius 1 is 0.640 bits per heavy atom. The van der Waals surface area contributed by atoms with Crippen LogP contribution >= 0.6 is 0 Å². The van der Waals surface area contributed by atoms with E-state index >= 15 is 0 Å². The molecule has 0 atom stereocenters. The molecule has 4 nitrogen and oxygen atoms in total. The average Bonchev–Trinajstić information content (AvgIpc) is 2.35. The molecule has 0 heterocycles. The summed E-state index contributed by atoms with van der Waals surface area (Å²) in [7, 11) is 0. The maximum absolute atomic E-state index is 9.13. The van der Waals surface area contributed by atoms with Crippen LogP contribution in [0.15, 0.2) is 48.5 Å². The first-order chi connectivity index (χ1) is 10.9. The topological polar surface area (TPSA) is 58.9 Å². The number of phenolic OH excluding ortho intramolecular Hbond substituents is 2. The molecule has 0 radical (unpaired) electrons. The van der Waals surface area contributed by atoms with Crippen LogP contribution in [-0.4, -0.2) is 21.4 Å². The Labute approximate surface area is 169 Å². The van der Waals surface area contributed by atoms with Gasteiger partial charge in [0.15, 0.2) is 0 Å². The molecule has 0 bridgehead atoms. The van der Waals surface area contributed by atoms with Crippen molar-refractivity contribution in [1.29, 1.82) is 0 Å². The van der Waals surface area contributed by atoms with Crippen molar-refractivity contribution < 1.29 is 45.9 Å². The van der Waals surface area contributed by atoms with Crippen LogP contribution in [0.25, 0.3) is 0 Å². The molecule has 0 saturated carbocycles. The average molecular weight is 424 g/mol. The molecule has 0 aliphatic rings. The quantitative estimate of drug-likeness (QED) is 0.702. The largest absolute Gasteiger partial charge is 0.508 e. The van der Waals surface area contributed by atoms with Crippen molar-refractivity contribution >= 4 is 0 Å². The molecular formula is C20H28O4Zr. The van der Waals surface area contributed by atoms with Crippen LogP contribution in [0, 0.1) is 0 Å². The van der Waals surface area contributed by atoms with Gasteiger partial charge in [0.25, 0.3) is 0 Å². The van der Waals surface area contributed by atoms with Crippen molar-refractivity contribution in [3.05, 3.63) is 48.5 Å². The molecule has 2 aromatic carbocycles. The summed E-state index contributed by atoms with van der Waals surface area (Å²) < 4.78 is 11.0. The zero-order valence-electron chi connectivity index (χ0n) is 15.8. The van der Waals surface area contributed by atoms with Crippen LogP contribution < -0.4 is 9.47 Å². The Balaban J connectivity index is 0.000000443. The van der Waals surface area contributed by atoms with Gasteiger partial charge in [0, 0.05) is 38.3 Å². The first-order valence-corrected chi connectivity index (χ1v) is 7.91. The number of hydrogen-bond donors (Lipinski definition) is 2. The van der Waals surface area contributed by atoms with Crippen LogP contribution in [0.2, 0.25) is 0 Å². The molecule has 136 valence electrons. The molecule has 2 N–H and O–H groups in total. The van der Waals surface area contributed by atoms with Gasteiger partial charge in [-0.3, -0.25) is 0 Å². The molecule has 0 aromatic heterocycles. The minimum absolute atomic E-state index is 0. The normalized spacial score (nSPS) is 10.8. The molecule has 2 aromatic rings. The summed E-state index contributed by atoms with van der Waals surface area (Å²) in [6, 6.07) is 13.6. The zero-order valence-corrected chi connectivity index (χ0v) is 18.3. The zero-order chi connectivity index (χ0) is 18.4. The van der Waals surface area contributed by atoms with Crippen molar-refractivity contribution in [2.75, 3.05) is 0 Å². The molecule has 25 heavy (non-hydrogen) atoms. The van der Waals surface area contributed by atoms with Crippen LogP contribution in [0.5, 0.6) is 23.0 Å². The summed E-state index contributed by atoms with van der Waals surface area (Å²) in [5.41, 5.74) is -0.429. The third kappa shape index (κ3) is 11.7. The number of benzene rings is 2. The molecule has 0 aliphatic carbocycles. The molecule has 0 amide bonds. The van der Waals surface area contributed by atoms with Gasteiger partial charge in [0.1, 0.15) is 34.2 Å². The second-order valence-electron chi connectivity index (χ2n) is 7.42. The molecule has 5 heteroatoms. The van der Waals surface area contributed by atoms with Gasteiger partial charge >= 0.3 is 0 Å². The third-order valence-electron chi connectivity index (χ3n) is 2.48. The fraction of sp³-hybridized carbons (Fsp3) is 0.400. The van der Waals surface area contributed by atoms with Gasteiger partial charge in [-0.25, -0.2) is 0 Å². The van der Waals surface area contributed by atoms with Gasteiger partial charge < -0.3 is 19.7 Å². The van der Waals surface area contributed by atoms with E-state index in [1.54, 1.807) is 36.4 Å². The minimum atomic E-state index is -0.214. The Morgan fingerprint density at radius 2 is 0.960 bits per heavy atom. The SMILES string of the molecule is CC(C)(C)Oc1cccc(O)c1.CC(C)(C)Oc1cccc(O)c1.[Zr]. The smallest absolute Gasteiger partial charge is 0.123 e. The van der Waals surface area contributed by atoms with Gasteiger partial charge in [-0.15, -0.1) is 0 Å². The van der Waals surface area contributed by atoms with Crippen molar-refractivity contribution in [1.82, 2.24) is 0 Å². The monoisotopic (exact) mass is 422 g/mol.